The second-order valence-corrected chi connectivity index (χ2v) is 4.85. The van der Waals surface area contributed by atoms with E-state index < -0.39 is 17.9 Å². The van der Waals surface area contributed by atoms with Crippen molar-refractivity contribution in [1.29, 1.82) is 0 Å². The van der Waals surface area contributed by atoms with Crippen molar-refractivity contribution in [3.05, 3.63) is 29.8 Å². The molecule has 0 aliphatic heterocycles. The Morgan fingerprint density at radius 2 is 2.05 bits per heavy atom. The topological polar surface area (TPSA) is 75.6 Å². The predicted molar refractivity (Wildman–Crippen MR) is 79.0 cm³/mol. The molecule has 2 N–H and O–H groups in total. The second-order valence-electron chi connectivity index (χ2n) is 4.85. The lowest BCUT2D eigenvalue weighted by Crippen LogP contribution is -2.42. The molecule has 0 spiro atoms. The van der Waals surface area contributed by atoms with Gasteiger partial charge in [0.2, 0.25) is 0 Å². The minimum Gasteiger partial charge on any atom is -0.483 e. The standard InChI is InChI=1S/C16H19NO4/c1-4-7-13(16(19)20)17-15(18)10-21-14-9-6-5-8-12(14)11(2)3/h1,5-6,8-9,11,13H,7,10H2,2-3H3,(H,17,18)(H,19,20). The van der Waals surface area contributed by atoms with Gasteiger partial charge in [-0.05, 0) is 17.5 Å². The Kier molecular flexibility index (Phi) is 6.28. The third-order valence-electron chi connectivity index (χ3n) is 2.86. The summed E-state index contributed by atoms with van der Waals surface area (Å²) in [5.41, 5.74) is 0.990. The van der Waals surface area contributed by atoms with E-state index in [9.17, 15) is 9.59 Å². The predicted octanol–water partition coefficient (Wildman–Crippen LogP) is 1.78. The molecule has 1 aromatic carbocycles. The van der Waals surface area contributed by atoms with Crippen molar-refractivity contribution in [2.45, 2.75) is 32.2 Å². The summed E-state index contributed by atoms with van der Waals surface area (Å²) >= 11 is 0. The van der Waals surface area contributed by atoms with Crippen LogP contribution >= 0.6 is 0 Å². The van der Waals surface area contributed by atoms with Crippen LogP contribution in [-0.4, -0.2) is 29.6 Å². The molecular formula is C16H19NO4. The van der Waals surface area contributed by atoms with Gasteiger partial charge in [-0.1, -0.05) is 32.0 Å². The molecule has 1 unspecified atom stereocenters. The molecule has 1 amide bonds. The van der Waals surface area contributed by atoms with Crippen LogP contribution in [0.1, 0.15) is 31.7 Å². The van der Waals surface area contributed by atoms with E-state index in [2.05, 4.69) is 11.2 Å². The molecule has 5 nitrogen and oxygen atoms in total. The highest BCUT2D eigenvalue weighted by Gasteiger charge is 2.19. The van der Waals surface area contributed by atoms with Gasteiger partial charge >= 0.3 is 5.97 Å². The number of terminal acetylenes is 1. The van der Waals surface area contributed by atoms with Gasteiger partial charge in [-0.15, -0.1) is 12.3 Å². The lowest BCUT2D eigenvalue weighted by Gasteiger charge is -2.15. The first kappa shape index (κ1) is 16.6. The summed E-state index contributed by atoms with van der Waals surface area (Å²) in [6.07, 6.45) is 5.00. The first-order valence-electron chi connectivity index (χ1n) is 6.63. The van der Waals surface area contributed by atoms with Gasteiger partial charge in [0.25, 0.3) is 5.91 Å². The number of amides is 1. The molecule has 5 heteroatoms. The summed E-state index contributed by atoms with van der Waals surface area (Å²) in [6, 6.07) is 6.33. The number of hydrogen-bond donors (Lipinski definition) is 2. The normalized spacial score (nSPS) is 11.5. The number of para-hydroxylation sites is 1. The number of carboxylic acid groups (broad SMARTS) is 1. The van der Waals surface area contributed by atoms with Gasteiger partial charge in [0.15, 0.2) is 6.61 Å². The van der Waals surface area contributed by atoms with Crippen LogP contribution in [0.4, 0.5) is 0 Å². The molecule has 0 aliphatic rings. The summed E-state index contributed by atoms with van der Waals surface area (Å²) in [4.78, 5) is 22.6. The molecule has 0 bridgehead atoms. The zero-order valence-electron chi connectivity index (χ0n) is 12.1. The number of carbonyl (C=O) groups excluding carboxylic acids is 1. The summed E-state index contributed by atoms with van der Waals surface area (Å²) < 4.78 is 5.46. The fourth-order valence-electron chi connectivity index (χ4n) is 1.79. The van der Waals surface area contributed by atoms with Crippen LogP contribution in [0.3, 0.4) is 0 Å². The van der Waals surface area contributed by atoms with Crippen molar-refractivity contribution in [3.8, 4) is 18.1 Å². The molecule has 0 radical (unpaired) electrons. The van der Waals surface area contributed by atoms with Gasteiger partial charge in [-0.3, -0.25) is 4.79 Å². The van der Waals surface area contributed by atoms with Crippen molar-refractivity contribution in [2.75, 3.05) is 6.61 Å². The average Bonchev–Trinajstić information content (AvgIpc) is 2.44. The lowest BCUT2D eigenvalue weighted by atomic mass is 10.0. The molecule has 0 aliphatic carbocycles. The number of carboxylic acids is 1. The van der Waals surface area contributed by atoms with Gasteiger partial charge < -0.3 is 15.2 Å². The highest BCUT2D eigenvalue weighted by atomic mass is 16.5. The highest BCUT2D eigenvalue weighted by Crippen LogP contribution is 2.25. The van der Waals surface area contributed by atoms with Crippen LogP contribution in [0, 0.1) is 12.3 Å². The molecule has 1 aromatic rings. The molecule has 21 heavy (non-hydrogen) atoms. The third-order valence-corrected chi connectivity index (χ3v) is 2.86. The Morgan fingerprint density at radius 3 is 2.62 bits per heavy atom. The van der Waals surface area contributed by atoms with Gasteiger partial charge in [0.1, 0.15) is 11.8 Å². The number of carbonyl (C=O) groups is 2. The van der Waals surface area contributed by atoms with Crippen molar-refractivity contribution < 1.29 is 19.4 Å². The number of aliphatic carboxylic acids is 1. The quantitative estimate of drug-likeness (QED) is 0.750. The zero-order valence-corrected chi connectivity index (χ0v) is 12.1. The van der Waals surface area contributed by atoms with E-state index >= 15 is 0 Å². The second kappa shape index (κ2) is 7.95. The van der Waals surface area contributed by atoms with E-state index in [0.717, 1.165) is 5.56 Å². The number of nitrogens with one attached hydrogen (secondary N) is 1. The van der Waals surface area contributed by atoms with E-state index in [0.29, 0.717) is 5.75 Å². The monoisotopic (exact) mass is 289 g/mol. The van der Waals surface area contributed by atoms with Crippen LogP contribution in [-0.2, 0) is 9.59 Å². The number of rotatable bonds is 7. The lowest BCUT2D eigenvalue weighted by molar-refractivity contribution is -0.141. The molecule has 1 atom stereocenters. The van der Waals surface area contributed by atoms with Gasteiger partial charge in [-0.2, -0.15) is 0 Å². The summed E-state index contributed by atoms with van der Waals surface area (Å²) in [6.45, 7) is 3.80. The van der Waals surface area contributed by atoms with Gasteiger partial charge in [0, 0.05) is 6.42 Å². The first-order chi connectivity index (χ1) is 9.95. The fraction of sp³-hybridized carbons (Fsp3) is 0.375. The molecule has 0 aromatic heterocycles. The Hall–Kier alpha value is -2.48. The Labute approximate surface area is 124 Å². The number of benzene rings is 1. The summed E-state index contributed by atoms with van der Waals surface area (Å²) in [7, 11) is 0. The van der Waals surface area contributed by atoms with Crippen molar-refractivity contribution in [2.24, 2.45) is 0 Å². The maximum atomic E-state index is 11.7. The minimum absolute atomic E-state index is 0.0658. The van der Waals surface area contributed by atoms with Crippen LogP contribution in [0.2, 0.25) is 0 Å². The van der Waals surface area contributed by atoms with Gasteiger partial charge in [0.05, 0.1) is 0 Å². The summed E-state index contributed by atoms with van der Waals surface area (Å²) in [5.74, 6) is 1.41. The van der Waals surface area contributed by atoms with E-state index in [1.165, 1.54) is 0 Å². The summed E-state index contributed by atoms with van der Waals surface area (Å²) in [5, 5.41) is 11.2. The first-order valence-corrected chi connectivity index (χ1v) is 6.63. The Balaban J connectivity index is 2.61. The van der Waals surface area contributed by atoms with Crippen LogP contribution < -0.4 is 10.1 Å². The number of ether oxygens (including phenoxy) is 1. The van der Waals surface area contributed by atoms with Crippen LogP contribution in [0.5, 0.6) is 5.75 Å². The third kappa shape index (κ3) is 5.19. The molecule has 0 saturated heterocycles. The SMILES string of the molecule is C#CCC(NC(=O)COc1ccccc1C(C)C)C(=O)O. The molecular weight excluding hydrogens is 270 g/mol. The van der Waals surface area contributed by atoms with Gasteiger partial charge in [-0.25, -0.2) is 4.79 Å². The van der Waals surface area contributed by atoms with Crippen molar-refractivity contribution >= 4 is 11.9 Å². The molecule has 112 valence electrons. The maximum absolute atomic E-state index is 11.7. The Morgan fingerprint density at radius 1 is 1.38 bits per heavy atom. The smallest absolute Gasteiger partial charge is 0.327 e. The largest absolute Gasteiger partial charge is 0.483 e. The zero-order chi connectivity index (χ0) is 15.8. The van der Waals surface area contributed by atoms with E-state index in [-0.39, 0.29) is 18.9 Å². The van der Waals surface area contributed by atoms with E-state index in [1.54, 1.807) is 6.07 Å². The highest BCUT2D eigenvalue weighted by molar-refractivity contribution is 5.84. The van der Waals surface area contributed by atoms with Crippen LogP contribution in [0.15, 0.2) is 24.3 Å². The fourth-order valence-corrected chi connectivity index (χ4v) is 1.79. The molecule has 0 saturated carbocycles. The van der Waals surface area contributed by atoms with Crippen molar-refractivity contribution in [3.63, 3.8) is 0 Å². The van der Waals surface area contributed by atoms with Crippen molar-refractivity contribution in [1.82, 2.24) is 5.32 Å². The maximum Gasteiger partial charge on any atom is 0.327 e. The van der Waals surface area contributed by atoms with Crippen LogP contribution in [0.25, 0.3) is 0 Å². The van der Waals surface area contributed by atoms with E-state index in [4.69, 9.17) is 16.3 Å². The molecule has 0 heterocycles. The average molecular weight is 289 g/mol. The molecule has 0 fully saturated rings. The minimum atomic E-state index is -1.16. The van der Waals surface area contributed by atoms with E-state index in [1.807, 2.05) is 32.0 Å². The molecule has 1 rings (SSSR count). The number of hydrogen-bond acceptors (Lipinski definition) is 3. The Bertz CT molecular complexity index is 545.